The highest BCUT2D eigenvalue weighted by Gasteiger charge is 2.34. The fourth-order valence-corrected chi connectivity index (χ4v) is 4.37. The number of benzene rings is 3. The number of rotatable bonds is 5. The Morgan fingerprint density at radius 2 is 1.67 bits per heavy atom. The maximum Gasteiger partial charge on any atom is 0.573 e. The molecule has 0 bridgehead atoms. The van der Waals surface area contributed by atoms with Crippen LogP contribution in [0.15, 0.2) is 72.8 Å². The highest BCUT2D eigenvalue weighted by Crippen LogP contribution is 2.39. The molecule has 0 saturated carbocycles. The first-order valence-corrected chi connectivity index (χ1v) is 11.3. The summed E-state index contributed by atoms with van der Waals surface area (Å²) in [5, 5.41) is 5.24. The van der Waals surface area contributed by atoms with E-state index in [2.05, 4.69) is 9.64 Å². The van der Waals surface area contributed by atoms with Gasteiger partial charge in [0.05, 0.1) is 30.6 Å². The molecule has 1 aliphatic heterocycles. The molecule has 1 aliphatic rings. The van der Waals surface area contributed by atoms with Crippen molar-refractivity contribution >= 4 is 23.3 Å². The number of aromatic nitrogens is 2. The van der Waals surface area contributed by atoms with Gasteiger partial charge in [-0.15, -0.1) is 13.2 Å². The van der Waals surface area contributed by atoms with E-state index >= 15 is 0 Å². The van der Waals surface area contributed by atoms with Crippen LogP contribution in [-0.2, 0) is 17.8 Å². The summed E-state index contributed by atoms with van der Waals surface area (Å²) in [4.78, 5) is 13.8. The number of hydrogen-bond donors (Lipinski definition) is 0. The number of fused-ring (bicyclic) bond motifs is 1. The molecule has 4 aromatic rings. The minimum Gasteiger partial charge on any atom is -0.465 e. The lowest BCUT2D eigenvalue weighted by molar-refractivity contribution is -0.274. The molecule has 6 nitrogen and oxygen atoms in total. The lowest BCUT2D eigenvalue weighted by atomic mass is 10.1. The second-order valence-electron chi connectivity index (χ2n) is 8.10. The topological polar surface area (TPSA) is 56.6 Å². The van der Waals surface area contributed by atoms with Crippen molar-refractivity contribution in [3.8, 4) is 22.7 Å². The van der Waals surface area contributed by atoms with Crippen LogP contribution in [0.2, 0.25) is 5.02 Å². The van der Waals surface area contributed by atoms with Gasteiger partial charge in [-0.2, -0.15) is 5.10 Å². The minimum absolute atomic E-state index is 0.170. The number of esters is 1. The zero-order valence-corrected chi connectivity index (χ0v) is 19.7. The summed E-state index contributed by atoms with van der Waals surface area (Å²) in [6.07, 6.45) is -4.85. The average molecular weight is 514 g/mol. The number of methoxy groups -OCH3 is 1. The van der Waals surface area contributed by atoms with Crippen LogP contribution in [0.3, 0.4) is 0 Å². The molecule has 3 aromatic carbocycles. The zero-order chi connectivity index (χ0) is 25.4. The third-order valence-electron chi connectivity index (χ3n) is 5.85. The van der Waals surface area contributed by atoms with Gasteiger partial charge < -0.3 is 14.4 Å². The maximum atomic E-state index is 13.1. The van der Waals surface area contributed by atoms with E-state index in [9.17, 15) is 18.0 Å². The van der Waals surface area contributed by atoms with E-state index in [1.54, 1.807) is 42.5 Å². The van der Waals surface area contributed by atoms with E-state index in [-0.39, 0.29) is 11.4 Å². The number of halogens is 4. The highest BCUT2D eigenvalue weighted by molar-refractivity contribution is 6.30. The number of hydrogen-bond acceptors (Lipinski definition) is 5. The standard InChI is InChI=1S/C26H19ClF3N3O3/c1-35-25(34)17-8-12-19(13-9-17)32-14-20-21(15-32)31-33(24(20)16-6-10-18(27)11-7-16)22-4-2-3-5-23(22)36-26(28,29)30/h2-13H,14-15H2,1H3. The van der Waals surface area contributed by atoms with Gasteiger partial charge in [-0.05, 0) is 48.5 Å². The Hall–Kier alpha value is -3.98. The van der Waals surface area contributed by atoms with Gasteiger partial charge in [0.15, 0.2) is 5.75 Å². The number of anilines is 1. The third kappa shape index (κ3) is 4.61. The van der Waals surface area contributed by atoms with Crippen molar-refractivity contribution in [2.75, 3.05) is 12.0 Å². The monoisotopic (exact) mass is 513 g/mol. The first-order chi connectivity index (χ1) is 17.2. The van der Waals surface area contributed by atoms with Crippen molar-refractivity contribution in [2.45, 2.75) is 19.5 Å². The average Bonchev–Trinajstić information content (AvgIpc) is 3.42. The van der Waals surface area contributed by atoms with Crippen LogP contribution in [0, 0.1) is 0 Å². The van der Waals surface area contributed by atoms with Gasteiger partial charge in [-0.3, -0.25) is 0 Å². The number of carbonyl (C=O) groups is 1. The van der Waals surface area contributed by atoms with E-state index < -0.39 is 12.3 Å². The van der Waals surface area contributed by atoms with Gasteiger partial charge in [0.1, 0.15) is 5.69 Å². The van der Waals surface area contributed by atoms with E-state index in [1.165, 1.54) is 30.0 Å². The molecular weight excluding hydrogens is 495 g/mol. The van der Waals surface area contributed by atoms with Crippen molar-refractivity contribution in [2.24, 2.45) is 0 Å². The Kier molecular flexibility index (Phi) is 6.09. The van der Waals surface area contributed by atoms with Crippen LogP contribution in [0.25, 0.3) is 16.9 Å². The minimum atomic E-state index is -4.85. The second-order valence-corrected chi connectivity index (χ2v) is 8.54. The molecule has 10 heteroatoms. The highest BCUT2D eigenvalue weighted by atomic mass is 35.5. The SMILES string of the molecule is COC(=O)c1ccc(N2Cc3nn(-c4ccccc4OC(F)(F)F)c(-c4ccc(Cl)cc4)c3C2)cc1. The summed E-state index contributed by atoms with van der Waals surface area (Å²) < 4.78 is 49.9. The summed E-state index contributed by atoms with van der Waals surface area (Å²) >= 11 is 6.09. The Morgan fingerprint density at radius 3 is 2.33 bits per heavy atom. The number of nitrogens with zero attached hydrogens (tertiary/aromatic N) is 3. The molecule has 0 fully saturated rings. The molecule has 2 heterocycles. The molecular formula is C26H19ClF3N3O3. The largest absolute Gasteiger partial charge is 0.573 e. The maximum absolute atomic E-state index is 13.1. The van der Waals surface area contributed by atoms with Crippen molar-refractivity contribution in [3.05, 3.63) is 94.6 Å². The molecule has 0 aliphatic carbocycles. The molecule has 0 radical (unpaired) electrons. The predicted molar refractivity (Wildman–Crippen MR) is 128 cm³/mol. The summed E-state index contributed by atoms with van der Waals surface area (Å²) in [6.45, 7) is 0.899. The quantitative estimate of drug-likeness (QED) is 0.289. The smallest absolute Gasteiger partial charge is 0.465 e. The van der Waals surface area contributed by atoms with Crippen LogP contribution < -0.4 is 9.64 Å². The van der Waals surface area contributed by atoms with Crippen molar-refractivity contribution in [1.29, 1.82) is 0 Å². The van der Waals surface area contributed by atoms with Crippen molar-refractivity contribution in [1.82, 2.24) is 9.78 Å². The van der Waals surface area contributed by atoms with Gasteiger partial charge in [0.25, 0.3) is 0 Å². The van der Waals surface area contributed by atoms with Crippen LogP contribution in [0.1, 0.15) is 21.6 Å². The molecule has 1 aromatic heterocycles. The van der Waals surface area contributed by atoms with Gasteiger partial charge in [-0.25, -0.2) is 9.48 Å². The van der Waals surface area contributed by atoms with E-state index in [1.807, 2.05) is 12.1 Å². The predicted octanol–water partition coefficient (Wildman–Crippen LogP) is 6.40. The number of alkyl halides is 3. The fourth-order valence-electron chi connectivity index (χ4n) is 4.25. The molecule has 0 amide bonds. The molecule has 36 heavy (non-hydrogen) atoms. The second kappa shape index (κ2) is 9.23. The van der Waals surface area contributed by atoms with Crippen LogP contribution in [0.5, 0.6) is 5.75 Å². The summed E-state index contributed by atoms with van der Waals surface area (Å²) in [5.74, 6) is -0.774. The first kappa shape index (κ1) is 23.7. The molecule has 0 atom stereocenters. The Bertz CT molecular complexity index is 1420. The van der Waals surface area contributed by atoms with Gasteiger partial charge in [0, 0.05) is 28.4 Å². The van der Waals surface area contributed by atoms with Crippen LogP contribution in [0.4, 0.5) is 18.9 Å². The van der Waals surface area contributed by atoms with Crippen LogP contribution in [-0.4, -0.2) is 29.2 Å². The molecule has 0 spiro atoms. The number of para-hydroxylation sites is 2. The molecule has 184 valence electrons. The lowest BCUT2D eigenvalue weighted by Gasteiger charge is -2.20. The number of carbonyl (C=O) groups excluding carboxylic acids is 1. The Balaban J connectivity index is 1.57. The van der Waals surface area contributed by atoms with Gasteiger partial charge in [-0.1, -0.05) is 35.9 Å². The molecule has 5 rings (SSSR count). The fraction of sp³-hybridized carbons (Fsp3) is 0.154. The summed E-state index contributed by atoms with van der Waals surface area (Å²) in [5.41, 5.74) is 4.46. The van der Waals surface area contributed by atoms with Crippen molar-refractivity contribution in [3.63, 3.8) is 0 Å². The van der Waals surface area contributed by atoms with Gasteiger partial charge in [0.2, 0.25) is 0 Å². The van der Waals surface area contributed by atoms with E-state index in [0.29, 0.717) is 29.4 Å². The molecule has 0 unspecified atom stereocenters. The van der Waals surface area contributed by atoms with E-state index in [0.717, 1.165) is 22.5 Å². The Morgan fingerprint density at radius 1 is 0.972 bits per heavy atom. The third-order valence-corrected chi connectivity index (χ3v) is 6.10. The lowest BCUT2D eigenvalue weighted by Crippen LogP contribution is -2.19. The zero-order valence-electron chi connectivity index (χ0n) is 18.9. The van der Waals surface area contributed by atoms with Crippen molar-refractivity contribution < 1.29 is 27.4 Å². The normalized spacial score (nSPS) is 13.0. The first-order valence-electron chi connectivity index (χ1n) is 10.9. The molecule has 0 saturated heterocycles. The summed E-state index contributed by atoms with van der Waals surface area (Å²) in [7, 11) is 1.32. The van der Waals surface area contributed by atoms with Crippen LogP contribution >= 0.6 is 11.6 Å². The molecule has 0 N–H and O–H groups in total. The summed E-state index contributed by atoms with van der Waals surface area (Å²) in [6, 6.07) is 20.0. The van der Waals surface area contributed by atoms with Gasteiger partial charge >= 0.3 is 12.3 Å². The van der Waals surface area contributed by atoms with E-state index in [4.69, 9.17) is 21.4 Å². The Labute approximate surface area is 209 Å². The number of ether oxygens (including phenoxy) is 2.